The molecule has 2 aromatic heterocycles. The molecule has 0 saturated carbocycles. The lowest BCUT2D eigenvalue weighted by molar-refractivity contribution is -0.120. The topological polar surface area (TPSA) is 75.4 Å². The van der Waals surface area contributed by atoms with Crippen molar-refractivity contribution >= 4 is 16.9 Å². The van der Waals surface area contributed by atoms with Gasteiger partial charge in [0.25, 0.3) is 0 Å². The van der Waals surface area contributed by atoms with Gasteiger partial charge in [0.05, 0.1) is 6.42 Å². The highest BCUT2D eigenvalue weighted by Gasteiger charge is 2.29. The summed E-state index contributed by atoms with van der Waals surface area (Å²) in [5, 5.41) is 14.9. The number of nitrogens with one attached hydrogen (secondary N) is 1. The van der Waals surface area contributed by atoms with Crippen LogP contribution in [0.4, 0.5) is 0 Å². The number of hydrogen-bond acceptors (Lipinski definition) is 4. The summed E-state index contributed by atoms with van der Waals surface area (Å²) in [7, 11) is 0. The van der Waals surface area contributed by atoms with Crippen LogP contribution in [0, 0.1) is 13.8 Å². The van der Waals surface area contributed by atoms with Gasteiger partial charge in [-0.3, -0.25) is 9.78 Å². The minimum atomic E-state index is -1.27. The molecule has 31 heavy (non-hydrogen) atoms. The lowest BCUT2D eigenvalue weighted by atomic mass is 9.94. The van der Waals surface area contributed by atoms with Crippen molar-refractivity contribution in [2.45, 2.75) is 39.3 Å². The Morgan fingerprint density at radius 3 is 2.58 bits per heavy atom. The van der Waals surface area contributed by atoms with Crippen molar-refractivity contribution in [1.82, 2.24) is 10.3 Å². The molecule has 1 atom stereocenters. The van der Waals surface area contributed by atoms with Gasteiger partial charge >= 0.3 is 0 Å². The van der Waals surface area contributed by atoms with Crippen molar-refractivity contribution in [2.24, 2.45) is 0 Å². The predicted molar refractivity (Wildman–Crippen MR) is 121 cm³/mol. The fraction of sp³-hybridized carbons (Fsp3) is 0.231. The number of aryl methyl sites for hydroxylation is 2. The Labute approximate surface area is 181 Å². The maximum atomic E-state index is 12.5. The average Bonchev–Trinajstić information content (AvgIpc) is 3.18. The van der Waals surface area contributed by atoms with Gasteiger partial charge in [0.15, 0.2) is 0 Å². The van der Waals surface area contributed by atoms with E-state index in [-0.39, 0.29) is 12.3 Å². The van der Waals surface area contributed by atoms with E-state index in [9.17, 15) is 9.90 Å². The van der Waals surface area contributed by atoms with E-state index in [1.165, 1.54) is 11.1 Å². The van der Waals surface area contributed by atoms with Gasteiger partial charge in [0.2, 0.25) is 5.91 Å². The molecule has 5 heteroatoms. The highest BCUT2D eigenvalue weighted by molar-refractivity contribution is 5.83. The first-order valence-electron chi connectivity index (χ1n) is 10.3. The van der Waals surface area contributed by atoms with Crippen LogP contribution in [0.5, 0.6) is 0 Å². The van der Waals surface area contributed by atoms with Gasteiger partial charge in [-0.1, -0.05) is 29.8 Å². The second-order valence-corrected chi connectivity index (χ2v) is 8.17. The number of aromatic nitrogens is 1. The van der Waals surface area contributed by atoms with Crippen LogP contribution >= 0.6 is 0 Å². The Hall–Kier alpha value is -3.44. The minimum absolute atomic E-state index is 0.0353. The van der Waals surface area contributed by atoms with Crippen LogP contribution in [0.25, 0.3) is 11.0 Å². The molecule has 0 fully saturated rings. The maximum Gasteiger partial charge on any atom is 0.224 e. The summed E-state index contributed by atoms with van der Waals surface area (Å²) in [6.07, 6.45) is 3.56. The zero-order valence-electron chi connectivity index (χ0n) is 18.0. The fourth-order valence-corrected chi connectivity index (χ4v) is 3.75. The standard InChI is InChI=1S/C26H26N2O3/c1-17-4-6-20(18(2)12-17)16-28-25(29)14-19-5-7-23-21(13-19)15-24(31-23)26(3,30)22-8-10-27-11-9-22/h4-13,15,30H,14,16H2,1-3H3,(H,28,29). The Bertz CT molecular complexity index is 1230. The van der Waals surface area contributed by atoms with E-state index >= 15 is 0 Å². The summed E-state index contributed by atoms with van der Waals surface area (Å²) >= 11 is 0. The molecule has 2 aromatic carbocycles. The molecule has 0 saturated heterocycles. The summed E-state index contributed by atoms with van der Waals surface area (Å²) in [4.78, 5) is 16.5. The number of benzene rings is 2. The summed E-state index contributed by atoms with van der Waals surface area (Å²) in [5.41, 5.74) is 4.49. The monoisotopic (exact) mass is 414 g/mol. The lowest BCUT2D eigenvalue weighted by Gasteiger charge is -2.20. The third-order valence-corrected chi connectivity index (χ3v) is 5.64. The highest BCUT2D eigenvalue weighted by atomic mass is 16.4. The molecule has 0 bridgehead atoms. The number of carbonyl (C=O) groups is 1. The number of fused-ring (bicyclic) bond motifs is 1. The lowest BCUT2D eigenvalue weighted by Crippen LogP contribution is -2.24. The molecule has 0 aliphatic rings. The van der Waals surface area contributed by atoms with Crippen LogP contribution in [0.2, 0.25) is 0 Å². The molecule has 0 aliphatic carbocycles. The smallest absolute Gasteiger partial charge is 0.224 e. The molecule has 4 aromatic rings. The number of amides is 1. The summed E-state index contributed by atoms with van der Waals surface area (Å²) in [6, 6.07) is 17.2. The molecular formula is C26H26N2O3. The third kappa shape index (κ3) is 4.52. The van der Waals surface area contributed by atoms with E-state index in [0.717, 1.165) is 16.5 Å². The Kier molecular flexibility index (Phi) is 5.61. The van der Waals surface area contributed by atoms with E-state index in [1.807, 2.05) is 24.3 Å². The van der Waals surface area contributed by atoms with Crippen molar-refractivity contribution in [2.75, 3.05) is 0 Å². The van der Waals surface area contributed by atoms with Gasteiger partial charge < -0.3 is 14.8 Å². The molecule has 5 nitrogen and oxygen atoms in total. The van der Waals surface area contributed by atoms with Gasteiger partial charge in [0.1, 0.15) is 16.9 Å². The molecule has 4 rings (SSSR count). The summed E-state index contributed by atoms with van der Waals surface area (Å²) in [6.45, 7) is 6.32. The van der Waals surface area contributed by atoms with E-state index < -0.39 is 5.60 Å². The first kappa shape index (κ1) is 20.8. The average molecular weight is 415 g/mol. The van der Waals surface area contributed by atoms with Crippen molar-refractivity contribution in [3.05, 3.63) is 101 Å². The SMILES string of the molecule is Cc1ccc(CNC(=O)Cc2ccc3oc(C(C)(O)c4ccncc4)cc3c2)c(C)c1. The Morgan fingerprint density at radius 2 is 1.84 bits per heavy atom. The van der Waals surface area contributed by atoms with Gasteiger partial charge in [-0.25, -0.2) is 0 Å². The van der Waals surface area contributed by atoms with E-state index in [4.69, 9.17) is 4.42 Å². The zero-order valence-corrected chi connectivity index (χ0v) is 18.0. The highest BCUT2D eigenvalue weighted by Crippen LogP contribution is 2.33. The molecule has 0 spiro atoms. The van der Waals surface area contributed by atoms with E-state index in [2.05, 4.69) is 42.3 Å². The van der Waals surface area contributed by atoms with Crippen molar-refractivity contribution < 1.29 is 14.3 Å². The second kappa shape index (κ2) is 8.36. The van der Waals surface area contributed by atoms with Gasteiger partial charge in [0, 0.05) is 24.3 Å². The largest absolute Gasteiger partial charge is 0.458 e. The first-order valence-corrected chi connectivity index (χ1v) is 10.3. The van der Waals surface area contributed by atoms with E-state index in [0.29, 0.717) is 23.5 Å². The summed E-state index contributed by atoms with van der Waals surface area (Å²) < 4.78 is 5.90. The third-order valence-electron chi connectivity index (χ3n) is 5.64. The molecule has 2 N–H and O–H groups in total. The van der Waals surface area contributed by atoms with Gasteiger partial charge in [-0.15, -0.1) is 0 Å². The zero-order chi connectivity index (χ0) is 22.0. The van der Waals surface area contributed by atoms with Crippen LogP contribution in [0.3, 0.4) is 0 Å². The quantitative estimate of drug-likeness (QED) is 0.485. The number of pyridine rings is 1. The number of nitrogens with zero attached hydrogens (tertiary/aromatic N) is 1. The number of carbonyl (C=O) groups excluding carboxylic acids is 1. The maximum absolute atomic E-state index is 12.5. The van der Waals surface area contributed by atoms with Crippen LogP contribution in [0.15, 0.2) is 71.4 Å². The molecule has 0 aliphatic heterocycles. The molecule has 1 amide bonds. The normalized spacial score (nSPS) is 13.2. The van der Waals surface area contributed by atoms with Crippen LogP contribution in [-0.4, -0.2) is 16.0 Å². The van der Waals surface area contributed by atoms with Crippen LogP contribution < -0.4 is 5.32 Å². The van der Waals surface area contributed by atoms with Crippen molar-refractivity contribution in [1.29, 1.82) is 0 Å². The van der Waals surface area contributed by atoms with Crippen molar-refractivity contribution in [3.63, 3.8) is 0 Å². The number of rotatable bonds is 6. The van der Waals surface area contributed by atoms with Gasteiger partial charge in [-0.05, 0) is 73.4 Å². The Balaban J connectivity index is 1.47. The number of furan rings is 1. The first-order chi connectivity index (χ1) is 14.8. The van der Waals surface area contributed by atoms with Crippen LogP contribution in [0.1, 0.15) is 40.5 Å². The summed E-state index contributed by atoms with van der Waals surface area (Å²) in [5.74, 6) is 0.414. The predicted octanol–water partition coefficient (Wildman–Crippen LogP) is 4.56. The second-order valence-electron chi connectivity index (χ2n) is 8.17. The van der Waals surface area contributed by atoms with Gasteiger partial charge in [-0.2, -0.15) is 0 Å². The molecular weight excluding hydrogens is 388 g/mol. The minimum Gasteiger partial charge on any atom is -0.458 e. The molecule has 158 valence electrons. The number of aliphatic hydroxyl groups is 1. The van der Waals surface area contributed by atoms with Crippen molar-refractivity contribution in [3.8, 4) is 0 Å². The van der Waals surface area contributed by atoms with Crippen LogP contribution in [-0.2, 0) is 23.4 Å². The molecule has 2 heterocycles. The molecule has 0 radical (unpaired) electrons. The fourth-order valence-electron chi connectivity index (χ4n) is 3.75. The molecule has 1 unspecified atom stereocenters. The number of hydrogen-bond donors (Lipinski definition) is 2. The Morgan fingerprint density at radius 1 is 1.06 bits per heavy atom. The van der Waals surface area contributed by atoms with E-state index in [1.54, 1.807) is 31.5 Å².